The minimum Gasteiger partial charge on any atom is -0.342 e. The van der Waals surface area contributed by atoms with E-state index in [1.165, 1.54) is 0 Å². The fourth-order valence-electron chi connectivity index (χ4n) is 4.47. The molecule has 2 amide bonds. The lowest BCUT2D eigenvalue weighted by Gasteiger charge is -2.48. The van der Waals surface area contributed by atoms with Gasteiger partial charge in [0, 0.05) is 50.3 Å². The van der Waals surface area contributed by atoms with Gasteiger partial charge in [-0.15, -0.1) is 0 Å². The van der Waals surface area contributed by atoms with Gasteiger partial charge in [0.1, 0.15) is 0 Å². The first-order valence-corrected chi connectivity index (χ1v) is 10.1. The smallest absolute Gasteiger partial charge is 0.274 e. The molecule has 2 fully saturated rings. The van der Waals surface area contributed by atoms with Crippen molar-refractivity contribution in [2.45, 2.75) is 65.8 Å². The normalized spacial score (nSPS) is 23.7. The number of hydrogen-bond acceptors (Lipinski definition) is 3. The van der Waals surface area contributed by atoms with E-state index in [-0.39, 0.29) is 17.2 Å². The van der Waals surface area contributed by atoms with Gasteiger partial charge in [-0.3, -0.25) is 14.3 Å². The fourth-order valence-corrected chi connectivity index (χ4v) is 4.47. The van der Waals surface area contributed by atoms with Crippen LogP contribution in [0.5, 0.6) is 0 Å². The average Bonchev–Trinajstić information content (AvgIpc) is 3.03. The third-order valence-corrected chi connectivity index (χ3v) is 5.98. The third kappa shape index (κ3) is 3.79. The molecule has 2 aliphatic heterocycles. The summed E-state index contributed by atoms with van der Waals surface area (Å²) in [7, 11) is 0. The molecule has 3 heterocycles. The first kappa shape index (κ1) is 18.9. The molecule has 0 aliphatic carbocycles. The van der Waals surface area contributed by atoms with Gasteiger partial charge in [0.05, 0.1) is 0 Å². The number of nitrogens with zero attached hydrogens (tertiary/aromatic N) is 4. The first-order valence-electron chi connectivity index (χ1n) is 10.1. The van der Waals surface area contributed by atoms with Gasteiger partial charge in [-0.2, -0.15) is 5.10 Å². The molecule has 1 aromatic heterocycles. The van der Waals surface area contributed by atoms with E-state index in [1.807, 2.05) is 34.4 Å². The van der Waals surface area contributed by atoms with E-state index < -0.39 is 0 Å². The van der Waals surface area contributed by atoms with Gasteiger partial charge in [0.2, 0.25) is 5.91 Å². The zero-order chi connectivity index (χ0) is 18.7. The molecular weight excluding hydrogens is 328 g/mol. The van der Waals surface area contributed by atoms with Crippen LogP contribution in [0, 0.1) is 12.3 Å². The van der Waals surface area contributed by atoms with Crippen LogP contribution in [0.25, 0.3) is 0 Å². The molecule has 0 unspecified atom stereocenters. The van der Waals surface area contributed by atoms with E-state index >= 15 is 0 Å². The van der Waals surface area contributed by atoms with Crippen LogP contribution in [-0.2, 0) is 11.3 Å². The van der Waals surface area contributed by atoms with Gasteiger partial charge in [0.15, 0.2) is 5.69 Å². The number of aromatic nitrogens is 2. The molecule has 6 heteroatoms. The summed E-state index contributed by atoms with van der Waals surface area (Å²) in [4.78, 5) is 29.3. The standard InChI is InChI=1S/C20H32N4O2/c1-4-6-11-22-14-20(10-8-18(22)25)9-7-12-23(15-20)19(26)17-13-16(3)24(5-2)21-17/h13H,4-12,14-15H2,1-3H3/t20-/m0/s1. The van der Waals surface area contributed by atoms with E-state index in [4.69, 9.17) is 0 Å². The Morgan fingerprint density at radius 3 is 2.77 bits per heavy atom. The summed E-state index contributed by atoms with van der Waals surface area (Å²) in [6.07, 6.45) is 5.79. The second kappa shape index (κ2) is 7.80. The van der Waals surface area contributed by atoms with Crippen LogP contribution in [0.1, 0.15) is 68.6 Å². The second-order valence-corrected chi connectivity index (χ2v) is 7.99. The van der Waals surface area contributed by atoms with Crippen molar-refractivity contribution in [2.24, 2.45) is 5.41 Å². The summed E-state index contributed by atoms with van der Waals surface area (Å²) in [6, 6.07) is 1.89. The minimum atomic E-state index is 0.0383. The summed E-state index contributed by atoms with van der Waals surface area (Å²) in [5.41, 5.74) is 1.64. The SMILES string of the molecule is CCCCN1C[C@]2(CCCN(C(=O)c3cc(C)n(CC)n3)C2)CCC1=O. The number of amides is 2. The molecule has 0 bridgehead atoms. The van der Waals surface area contributed by atoms with Gasteiger partial charge in [-0.1, -0.05) is 13.3 Å². The Labute approximate surface area is 156 Å². The van der Waals surface area contributed by atoms with Crippen LogP contribution in [0.2, 0.25) is 0 Å². The summed E-state index contributed by atoms with van der Waals surface area (Å²) in [6.45, 7) is 10.2. The topological polar surface area (TPSA) is 58.4 Å². The van der Waals surface area contributed by atoms with E-state index in [0.717, 1.165) is 70.5 Å². The molecule has 1 aromatic rings. The predicted molar refractivity (Wildman–Crippen MR) is 101 cm³/mol. The van der Waals surface area contributed by atoms with Crippen LogP contribution < -0.4 is 0 Å². The minimum absolute atomic E-state index is 0.0383. The second-order valence-electron chi connectivity index (χ2n) is 7.99. The zero-order valence-corrected chi connectivity index (χ0v) is 16.5. The summed E-state index contributed by atoms with van der Waals surface area (Å²) in [5, 5.41) is 4.47. The van der Waals surface area contributed by atoms with Gasteiger partial charge in [0.25, 0.3) is 5.91 Å². The van der Waals surface area contributed by atoms with Gasteiger partial charge in [-0.25, -0.2) is 0 Å². The molecule has 3 rings (SSSR count). The highest BCUT2D eigenvalue weighted by atomic mass is 16.2. The molecule has 1 spiro atoms. The molecule has 1 atom stereocenters. The molecule has 0 aromatic carbocycles. The molecule has 0 N–H and O–H groups in total. The number of carbonyl (C=O) groups is 2. The van der Waals surface area contributed by atoms with Crippen LogP contribution in [0.4, 0.5) is 0 Å². The summed E-state index contributed by atoms with van der Waals surface area (Å²) >= 11 is 0. The van der Waals surface area contributed by atoms with Crippen LogP contribution >= 0.6 is 0 Å². The van der Waals surface area contributed by atoms with Crippen LogP contribution in [-0.4, -0.2) is 57.6 Å². The first-order chi connectivity index (χ1) is 12.5. The number of likely N-dealkylation sites (tertiary alicyclic amines) is 2. The maximum Gasteiger partial charge on any atom is 0.274 e. The number of carbonyl (C=O) groups excluding carboxylic acids is 2. The number of unbranched alkanes of at least 4 members (excludes halogenated alkanes) is 1. The molecule has 26 heavy (non-hydrogen) atoms. The van der Waals surface area contributed by atoms with Crippen molar-refractivity contribution in [1.29, 1.82) is 0 Å². The van der Waals surface area contributed by atoms with Crippen LogP contribution in [0.15, 0.2) is 6.07 Å². The Morgan fingerprint density at radius 1 is 1.27 bits per heavy atom. The molecule has 2 aliphatic rings. The van der Waals surface area contributed by atoms with E-state index in [0.29, 0.717) is 12.1 Å². The fraction of sp³-hybridized carbons (Fsp3) is 0.750. The number of piperidine rings is 2. The van der Waals surface area contributed by atoms with Crippen molar-refractivity contribution in [1.82, 2.24) is 19.6 Å². The lowest BCUT2D eigenvalue weighted by molar-refractivity contribution is -0.139. The lowest BCUT2D eigenvalue weighted by atomic mass is 9.73. The molecule has 6 nitrogen and oxygen atoms in total. The molecule has 0 saturated carbocycles. The van der Waals surface area contributed by atoms with E-state index in [1.54, 1.807) is 0 Å². The largest absolute Gasteiger partial charge is 0.342 e. The van der Waals surface area contributed by atoms with Gasteiger partial charge >= 0.3 is 0 Å². The molecule has 2 saturated heterocycles. The van der Waals surface area contributed by atoms with Gasteiger partial charge in [-0.05, 0) is 45.6 Å². The maximum atomic E-state index is 13.0. The van der Waals surface area contributed by atoms with Crippen molar-refractivity contribution in [3.63, 3.8) is 0 Å². The Morgan fingerprint density at radius 2 is 2.08 bits per heavy atom. The number of rotatable bonds is 5. The monoisotopic (exact) mass is 360 g/mol. The highest BCUT2D eigenvalue weighted by Gasteiger charge is 2.42. The predicted octanol–water partition coefficient (Wildman–Crippen LogP) is 2.86. The molecule has 0 radical (unpaired) electrons. The molecular formula is C20H32N4O2. The van der Waals surface area contributed by atoms with Crippen molar-refractivity contribution in [3.8, 4) is 0 Å². The molecule has 144 valence electrons. The Bertz CT molecular complexity index is 669. The number of hydrogen-bond donors (Lipinski definition) is 0. The van der Waals surface area contributed by atoms with Crippen molar-refractivity contribution < 1.29 is 9.59 Å². The van der Waals surface area contributed by atoms with Crippen molar-refractivity contribution in [2.75, 3.05) is 26.2 Å². The number of aryl methyl sites for hydroxylation is 2. The highest BCUT2D eigenvalue weighted by Crippen LogP contribution is 2.39. The van der Waals surface area contributed by atoms with E-state index in [2.05, 4.69) is 12.0 Å². The Hall–Kier alpha value is -1.85. The average molecular weight is 361 g/mol. The lowest BCUT2D eigenvalue weighted by Crippen LogP contribution is -2.55. The van der Waals surface area contributed by atoms with Crippen molar-refractivity contribution >= 4 is 11.8 Å². The summed E-state index contributed by atoms with van der Waals surface area (Å²) in [5.74, 6) is 0.321. The van der Waals surface area contributed by atoms with E-state index in [9.17, 15) is 9.59 Å². The Kier molecular flexibility index (Phi) is 5.68. The van der Waals surface area contributed by atoms with Crippen molar-refractivity contribution in [3.05, 3.63) is 17.5 Å². The highest BCUT2D eigenvalue weighted by molar-refractivity contribution is 5.92. The Balaban J connectivity index is 1.71. The summed E-state index contributed by atoms with van der Waals surface area (Å²) < 4.78 is 1.87. The van der Waals surface area contributed by atoms with Gasteiger partial charge < -0.3 is 9.80 Å². The zero-order valence-electron chi connectivity index (χ0n) is 16.5. The maximum absolute atomic E-state index is 13.0. The quantitative estimate of drug-likeness (QED) is 0.811. The van der Waals surface area contributed by atoms with Crippen LogP contribution in [0.3, 0.4) is 0 Å². The third-order valence-electron chi connectivity index (χ3n) is 5.98.